The van der Waals surface area contributed by atoms with Gasteiger partial charge in [0.05, 0.1) is 38.4 Å². The molecular formula is C21H38BrN3O9. The summed E-state index contributed by atoms with van der Waals surface area (Å²) in [6.45, 7) is 4.57. The SMILES string of the molecule is CCCOCCOCC(=O)NCCOCCOCC(=O)N[C@@H](CCCCNC(=O)CBr)C(=O)O. The van der Waals surface area contributed by atoms with Crippen LogP contribution >= 0.6 is 15.9 Å². The minimum atomic E-state index is -1.13. The summed E-state index contributed by atoms with van der Waals surface area (Å²) < 4.78 is 20.9. The topological polar surface area (TPSA) is 162 Å². The zero-order valence-electron chi connectivity index (χ0n) is 19.8. The van der Waals surface area contributed by atoms with Gasteiger partial charge in [-0.25, -0.2) is 4.79 Å². The number of halogens is 1. The second-order valence-corrected chi connectivity index (χ2v) is 7.68. The molecule has 0 aliphatic carbocycles. The Balaban J connectivity index is 3.67. The second kappa shape index (κ2) is 23.0. The van der Waals surface area contributed by atoms with Gasteiger partial charge in [0.25, 0.3) is 0 Å². The highest BCUT2D eigenvalue weighted by Gasteiger charge is 2.19. The lowest BCUT2D eigenvalue weighted by Gasteiger charge is -2.14. The molecule has 0 aromatic carbocycles. The number of amides is 3. The minimum Gasteiger partial charge on any atom is -0.480 e. The largest absolute Gasteiger partial charge is 0.480 e. The average molecular weight is 556 g/mol. The van der Waals surface area contributed by atoms with Gasteiger partial charge in [-0.3, -0.25) is 14.4 Å². The van der Waals surface area contributed by atoms with Crippen LogP contribution in [0.25, 0.3) is 0 Å². The fourth-order valence-corrected chi connectivity index (χ4v) is 2.67. The summed E-state index contributed by atoms with van der Waals surface area (Å²) in [7, 11) is 0. The Morgan fingerprint density at radius 1 is 0.765 bits per heavy atom. The maximum Gasteiger partial charge on any atom is 0.326 e. The molecule has 0 aromatic rings. The first-order chi connectivity index (χ1) is 16.4. The quantitative estimate of drug-likeness (QED) is 0.0989. The molecule has 12 nitrogen and oxygen atoms in total. The van der Waals surface area contributed by atoms with E-state index in [0.29, 0.717) is 45.8 Å². The van der Waals surface area contributed by atoms with Crippen LogP contribution < -0.4 is 16.0 Å². The molecule has 0 aromatic heterocycles. The number of unbranched alkanes of at least 4 members (excludes halogenated alkanes) is 1. The van der Waals surface area contributed by atoms with Gasteiger partial charge in [-0.05, 0) is 25.7 Å². The lowest BCUT2D eigenvalue weighted by atomic mass is 10.1. The van der Waals surface area contributed by atoms with Gasteiger partial charge in [-0.15, -0.1) is 0 Å². The van der Waals surface area contributed by atoms with Crippen LogP contribution in [0, 0.1) is 0 Å². The van der Waals surface area contributed by atoms with Crippen LogP contribution in [0.5, 0.6) is 0 Å². The fourth-order valence-electron chi connectivity index (χ4n) is 2.47. The van der Waals surface area contributed by atoms with Gasteiger partial charge in [0, 0.05) is 19.7 Å². The maximum absolute atomic E-state index is 11.9. The number of alkyl halides is 1. The van der Waals surface area contributed by atoms with Crippen molar-refractivity contribution in [2.45, 2.75) is 38.6 Å². The first-order valence-corrected chi connectivity index (χ1v) is 12.4. The Hall–Kier alpha value is -1.80. The van der Waals surface area contributed by atoms with Crippen molar-refractivity contribution >= 4 is 39.6 Å². The van der Waals surface area contributed by atoms with Crippen LogP contribution in [0.15, 0.2) is 0 Å². The number of aliphatic carboxylic acids is 1. The van der Waals surface area contributed by atoms with E-state index in [-0.39, 0.29) is 56.6 Å². The zero-order chi connectivity index (χ0) is 25.4. The van der Waals surface area contributed by atoms with E-state index in [1.54, 1.807) is 0 Å². The van der Waals surface area contributed by atoms with Gasteiger partial charge in [-0.1, -0.05) is 22.9 Å². The Kier molecular flexibility index (Phi) is 21.8. The first kappa shape index (κ1) is 32.2. The number of carboxylic acids is 1. The summed E-state index contributed by atoms with van der Waals surface area (Å²) in [5.41, 5.74) is 0. The summed E-state index contributed by atoms with van der Waals surface area (Å²) in [6.07, 6.45) is 2.32. The van der Waals surface area contributed by atoms with Crippen LogP contribution in [-0.2, 0) is 38.1 Å². The molecule has 0 heterocycles. The lowest BCUT2D eigenvalue weighted by molar-refractivity contribution is -0.142. The van der Waals surface area contributed by atoms with Crippen molar-refractivity contribution in [2.24, 2.45) is 0 Å². The smallest absolute Gasteiger partial charge is 0.326 e. The van der Waals surface area contributed by atoms with Crippen LogP contribution in [-0.4, -0.2) is 106 Å². The monoisotopic (exact) mass is 555 g/mol. The fraction of sp³-hybridized carbons (Fsp3) is 0.810. The Labute approximate surface area is 208 Å². The van der Waals surface area contributed by atoms with E-state index in [2.05, 4.69) is 31.9 Å². The van der Waals surface area contributed by atoms with Crippen molar-refractivity contribution in [3.8, 4) is 0 Å². The normalized spacial score (nSPS) is 11.6. The van der Waals surface area contributed by atoms with Gasteiger partial charge in [0.2, 0.25) is 17.7 Å². The molecule has 34 heavy (non-hydrogen) atoms. The second-order valence-electron chi connectivity index (χ2n) is 7.12. The average Bonchev–Trinajstić information content (AvgIpc) is 2.81. The number of nitrogens with one attached hydrogen (secondary N) is 3. The third-order valence-corrected chi connectivity index (χ3v) is 4.63. The maximum atomic E-state index is 11.9. The van der Waals surface area contributed by atoms with E-state index in [4.69, 9.17) is 18.9 Å². The van der Waals surface area contributed by atoms with E-state index < -0.39 is 17.9 Å². The minimum absolute atomic E-state index is 0.0429. The molecule has 0 aliphatic heterocycles. The van der Waals surface area contributed by atoms with Crippen molar-refractivity contribution in [1.29, 1.82) is 0 Å². The van der Waals surface area contributed by atoms with E-state index in [1.807, 2.05) is 6.92 Å². The Bertz CT molecular complexity index is 582. The summed E-state index contributed by atoms with van der Waals surface area (Å²) in [6, 6.07) is -1.02. The molecule has 13 heteroatoms. The van der Waals surface area contributed by atoms with E-state index >= 15 is 0 Å². The van der Waals surface area contributed by atoms with Crippen molar-refractivity contribution in [2.75, 3.05) is 71.3 Å². The molecular weight excluding hydrogens is 518 g/mol. The number of carbonyl (C=O) groups is 4. The van der Waals surface area contributed by atoms with E-state index in [9.17, 15) is 24.3 Å². The molecule has 198 valence electrons. The Morgan fingerprint density at radius 3 is 1.97 bits per heavy atom. The number of rotatable bonds is 23. The van der Waals surface area contributed by atoms with Crippen LogP contribution in [0.4, 0.5) is 0 Å². The van der Waals surface area contributed by atoms with Crippen molar-refractivity contribution in [3.63, 3.8) is 0 Å². The molecule has 3 amide bonds. The summed E-state index contributed by atoms with van der Waals surface area (Å²) in [5.74, 6) is -2.04. The molecule has 0 spiro atoms. The van der Waals surface area contributed by atoms with E-state index in [1.165, 1.54) is 0 Å². The third kappa shape index (κ3) is 20.8. The highest BCUT2D eigenvalue weighted by Crippen LogP contribution is 2.01. The lowest BCUT2D eigenvalue weighted by Crippen LogP contribution is -2.42. The van der Waals surface area contributed by atoms with Crippen molar-refractivity contribution in [1.82, 2.24) is 16.0 Å². The Morgan fingerprint density at radius 2 is 1.35 bits per heavy atom. The van der Waals surface area contributed by atoms with Gasteiger partial charge in [-0.2, -0.15) is 0 Å². The summed E-state index contributed by atoms with van der Waals surface area (Å²) in [4.78, 5) is 45.8. The zero-order valence-corrected chi connectivity index (χ0v) is 21.4. The predicted molar refractivity (Wildman–Crippen MR) is 127 cm³/mol. The van der Waals surface area contributed by atoms with Gasteiger partial charge >= 0.3 is 5.97 Å². The molecule has 1 atom stereocenters. The molecule has 0 saturated heterocycles. The van der Waals surface area contributed by atoms with Crippen LogP contribution in [0.3, 0.4) is 0 Å². The summed E-state index contributed by atoms with van der Waals surface area (Å²) >= 11 is 3.04. The first-order valence-electron chi connectivity index (χ1n) is 11.3. The molecule has 0 rings (SSSR count). The van der Waals surface area contributed by atoms with Crippen molar-refractivity contribution in [3.05, 3.63) is 0 Å². The molecule has 0 bridgehead atoms. The van der Waals surface area contributed by atoms with Crippen molar-refractivity contribution < 1.29 is 43.2 Å². The standard InChI is InChI=1S/C21H38BrN3O9/c1-2-8-31-10-12-33-15-19(27)24-7-9-32-11-13-34-16-20(28)25-17(21(29)30)5-3-4-6-23-18(26)14-22/h17H,2-16H2,1H3,(H,23,26)(H,24,27)(H,25,28)(H,29,30)/t17-/m0/s1. The van der Waals surface area contributed by atoms with Crippen LogP contribution in [0.2, 0.25) is 0 Å². The molecule has 4 N–H and O–H groups in total. The van der Waals surface area contributed by atoms with Gasteiger partial charge in [0.1, 0.15) is 19.3 Å². The number of carboxylic acid groups (broad SMARTS) is 1. The third-order valence-electron chi connectivity index (χ3n) is 4.12. The van der Waals surface area contributed by atoms with Crippen LogP contribution in [0.1, 0.15) is 32.6 Å². The van der Waals surface area contributed by atoms with E-state index in [0.717, 1.165) is 6.42 Å². The molecule has 0 saturated carbocycles. The predicted octanol–water partition coefficient (Wildman–Crippen LogP) is -0.170. The number of hydrogen-bond donors (Lipinski definition) is 4. The van der Waals surface area contributed by atoms with Gasteiger partial charge < -0.3 is 40.0 Å². The number of hydrogen-bond acceptors (Lipinski definition) is 8. The molecule has 0 aliphatic rings. The molecule has 0 unspecified atom stereocenters. The molecule has 0 fully saturated rings. The highest BCUT2D eigenvalue weighted by atomic mass is 79.9. The molecule has 0 radical (unpaired) electrons. The highest BCUT2D eigenvalue weighted by molar-refractivity contribution is 9.09. The number of ether oxygens (including phenoxy) is 4. The van der Waals surface area contributed by atoms with Gasteiger partial charge in [0.15, 0.2) is 0 Å². The number of carbonyl (C=O) groups excluding carboxylic acids is 3. The summed E-state index contributed by atoms with van der Waals surface area (Å²) in [5, 5.41) is 17.2.